The van der Waals surface area contributed by atoms with E-state index < -0.39 is 0 Å². The maximum atomic E-state index is 11.8. The van der Waals surface area contributed by atoms with Crippen LogP contribution in [0, 0.1) is 5.31 Å². The molecule has 74 valence electrons. The number of hydrogen-bond acceptors (Lipinski definition) is 3. The monoisotopic (exact) mass is 217 g/mol. The van der Waals surface area contributed by atoms with E-state index in [1.54, 1.807) is 21.2 Å². The van der Waals surface area contributed by atoms with Gasteiger partial charge in [0.15, 0.2) is 0 Å². The molecule has 1 aromatic rings. The van der Waals surface area contributed by atoms with Crippen molar-refractivity contribution in [3.05, 3.63) is 5.69 Å². The molecule has 0 saturated heterocycles. The van der Waals surface area contributed by atoms with Crippen LogP contribution >= 0.6 is 9.12 Å². The Morgan fingerprint density at radius 1 is 1.73 bits per heavy atom. The average Bonchev–Trinajstić information content (AvgIpc) is 2.53. The van der Waals surface area contributed by atoms with E-state index in [1.807, 2.05) is 0 Å². The molecule has 0 saturated carbocycles. The average molecular weight is 217 g/mol. The van der Waals surface area contributed by atoms with E-state index in [4.69, 9.17) is 13.2 Å². The summed E-state index contributed by atoms with van der Waals surface area (Å²) < 4.78 is 1.50. The van der Waals surface area contributed by atoms with Gasteiger partial charge in [-0.25, -0.2) is 0 Å². The Hall–Kier alpha value is -0.895. The molecule has 0 bridgehead atoms. The molecule has 0 aliphatic rings. The summed E-state index contributed by atoms with van der Waals surface area (Å²) in [5, 5.41) is 7.20. The molecule has 1 rings (SSSR count). The van der Waals surface area contributed by atoms with Crippen molar-refractivity contribution in [1.82, 2.24) is 14.4 Å². The van der Waals surface area contributed by atoms with Crippen molar-refractivity contribution < 1.29 is 4.79 Å². The first kappa shape index (κ1) is 12.2. The van der Waals surface area contributed by atoms with Crippen LogP contribution in [0.2, 0.25) is 0 Å². The van der Waals surface area contributed by atoms with Crippen LogP contribution in [0.5, 0.6) is 0 Å². The molecule has 0 aliphatic carbocycles. The van der Waals surface area contributed by atoms with E-state index in [2.05, 4.69) is 14.1 Å². The number of nitrogens with one attached hydrogen (secondary N) is 1. The standard InChI is InChI=1S/C6H9B3N4OP/c1-12-4(8-10)3(11-6(12)7)5(14)13(2)9-15/h10H,15H2,1-2H3/q-1. The third-order valence-corrected chi connectivity index (χ3v) is 2.50. The van der Waals surface area contributed by atoms with Crippen LogP contribution in [0.1, 0.15) is 10.5 Å². The number of imidazole rings is 1. The van der Waals surface area contributed by atoms with Gasteiger partial charge in [-0.1, -0.05) is 0 Å². The summed E-state index contributed by atoms with van der Waals surface area (Å²) in [4.78, 5) is 17.0. The number of nitrogens with zero attached hydrogens (tertiary/aromatic N) is 3. The van der Waals surface area contributed by atoms with Crippen molar-refractivity contribution >= 4 is 48.4 Å². The fourth-order valence-electron chi connectivity index (χ4n) is 1.09. The number of amides is 1. The van der Waals surface area contributed by atoms with E-state index in [9.17, 15) is 4.79 Å². The Bertz CT molecular complexity index is 407. The van der Waals surface area contributed by atoms with E-state index in [1.165, 1.54) is 9.38 Å². The van der Waals surface area contributed by atoms with Crippen LogP contribution in [0.4, 0.5) is 0 Å². The van der Waals surface area contributed by atoms with E-state index in [0.717, 1.165) is 7.07 Å². The quantitative estimate of drug-likeness (QED) is 0.460. The first-order valence-electron chi connectivity index (χ1n) is 4.17. The van der Waals surface area contributed by atoms with Gasteiger partial charge in [0.05, 0.1) is 0 Å². The van der Waals surface area contributed by atoms with Gasteiger partial charge in [-0.2, -0.15) is 0 Å². The molecule has 9 heteroatoms. The number of rotatable bonds is 3. The molecule has 1 unspecified atom stereocenters. The zero-order valence-electron chi connectivity index (χ0n) is 8.56. The van der Waals surface area contributed by atoms with Gasteiger partial charge in [-0.15, -0.1) is 0 Å². The fraction of sp³-hybridized carbons (Fsp3) is 0.333. The van der Waals surface area contributed by atoms with Crippen molar-refractivity contribution in [3.63, 3.8) is 0 Å². The molecule has 5 nitrogen and oxygen atoms in total. The Morgan fingerprint density at radius 2 is 2.33 bits per heavy atom. The fourth-order valence-corrected chi connectivity index (χ4v) is 1.22. The van der Waals surface area contributed by atoms with Crippen molar-refractivity contribution in [2.75, 3.05) is 7.05 Å². The van der Waals surface area contributed by atoms with Crippen LogP contribution in [0.25, 0.3) is 0 Å². The van der Waals surface area contributed by atoms with Gasteiger partial charge in [-0.3, -0.25) is 0 Å². The molecular formula is C6H9B3N4OP-. The number of hydrogen-bond donors (Lipinski definition) is 1. The molecule has 1 N–H and O–H groups in total. The second-order valence-corrected chi connectivity index (χ2v) is 3.27. The second kappa shape index (κ2) is 4.75. The predicted molar refractivity (Wildman–Crippen MR) is 64.3 cm³/mol. The van der Waals surface area contributed by atoms with Crippen LogP contribution < -0.4 is 11.3 Å². The molecule has 0 aromatic carbocycles. The van der Waals surface area contributed by atoms with E-state index >= 15 is 0 Å². The molecule has 0 spiro atoms. The summed E-state index contributed by atoms with van der Waals surface area (Å²) in [6.45, 7) is 0. The van der Waals surface area contributed by atoms with Gasteiger partial charge in [0.1, 0.15) is 0 Å². The molecule has 4 radical (unpaired) electrons. The van der Waals surface area contributed by atoms with Crippen LogP contribution in [0.3, 0.4) is 0 Å². The normalized spacial score (nSPS) is 9.60. The molecule has 1 amide bonds. The topological polar surface area (TPSA) is 62.0 Å². The summed E-state index contributed by atoms with van der Waals surface area (Å²) in [6, 6.07) is 0. The van der Waals surface area contributed by atoms with Crippen molar-refractivity contribution in [1.29, 1.82) is 5.31 Å². The van der Waals surface area contributed by atoms with Gasteiger partial charge in [0.2, 0.25) is 0 Å². The van der Waals surface area contributed by atoms with Gasteiger partial charge < -0.3 is 0 Å². The van der Waals surface area contributed by atoms with Gasteiger partial charge >= 0.3 is 92.7 Å². The minimum atomic E-state index is -0.296. The zero-order valence-corrected chi connectivity index (χ0v) is 9.71. The van der Waals surface area contributed by atoms with Crippen LogP contribution in [-0.4, -0.2) is 49.4 Å². The number of carbonyl (C=O) groups excluding carboxylic acids is 1. The van der Waals surface area contributed by atoms with Crippen molar-refractivity contribution in [3.8, 4) is 0 Å². The van der Waals surface area contributed by atoms with Crippen LogP contribution in [0.15, 0.2) is 0 Å². The Labute approximate surface area is 93.2 Å². The molecule has 1 atom stereocenters. The molecular weight excluding hydrogens is 208 g/mol. The summed E-state index contributed by atoms with van der Waals surface area (Å²) >= 11 is 0. The second-order valence-electron chi connectivity index (χ2n) is 2.97. The van der Waals surface area contributed by atoms with E-state index in [0.29, 0.717) is 5.59 Å². The van der Waals surface area contributed by atoms with Crippen molar-refractivity contribution in [2.24, 2.45) is 7.05 Å². The summed E-state index contributed by atoms with van der Waals surface area (Å²) in [7, 11) is 13.7. The third kappa shape index (κ3) is 2.20. The number of aromatic nitrogens is 2. The van der Waals surface area contributed by atoms with Crippen molar-refractivity contribution in [2.45, 2.75) is 0 Å². The molecule has 1 aromatic heterocycles. The minimum absolute atomic E-state index is 0.186. The van der Waals surface area contributed by atoms with E-state index in [-0.39, 0.29) is 17.3 Å². The summed E-state index contributed by atoms with van der Waals surface area (Å²) in [6.07, 6.45) is 0. The Morgan fingerprint density at radius 3 is 2.80 bits per heavy atom. The van der Waals surface area contributed by atoms with Gasteiger partial charge in [0, 0.05) is 0 Å². The first-order chi connectivity index (χ1) is 7.02. The Kier molecular flexibility index (Phi) is 3.86. The van der Waals surface area contributed by atoms with Gasteiger partial charge in [-0.05, 0) is 0 Å². The van der Waals surface area contributed by atoms with Gasteiger partial charge in [0.25, 0.3) is 0 Å². The first-order valence-corrected chi connectivity index (χ1v) is 4.84. The summed E-state index contributed by atoms with van der Waals surface area (Å²) in [5.74, 6) is -0.296. The molecule has 0 aliphatic heterocycles. The Balaban J connectivity index is 3.20. The maximum absolute atomic E-state index is 11.8. The third-order valence-electron chi connectivity index (χ3n) is 2.06. The predicted octanol–water partition coefficient (Wildman–Crippen LogP) is -2.21. The SMILES string of the molecule is [B-]c1nc(C(=O)N(C)[B]P)c(B=N)n1C. The summed E-state index contributed by atoms with van der Waals surface area (Å²) in [5.41, 5.74) is 0.802. The number of carbonyl (C=O) groups is 1. The molecule has 0 fully saturated rings. The molecule has 1 heterocycles. The molecule has 15 heavy (non-hydrogen) atoms. The van der Waals surface area contributed by atoms with Crippen LogP contribution in [-0.2, 0) is 7.05 Å². The zero-order chi connectivity index (χ0) is 11.6.